The van der Waals surface area contributed by atoms with Crippen LogP contribution in [0.2, 0.25) is 5.02 Å². The van der Waals surface area contributed by atoms with Gasteiger partial charge in [-0.2, -0.15) is 0 Å². The lowest BCUT2D eigenvalue weighted by Crippen LogP contribution is -2.29. The number of benzene rings is 1. The topological polar surface area (TPSA) is 46.4 Å². The van der Waals surface area contributed by atoms with Gasteiger partial charge in [0.2, 0.25) is 0 Å². The van der Waals surface area contributed by atoms with Gasteiger partial charge in [0, 0.05) is 13.1 Å². The Bertz CT molecular complexity index is 409. The first-order valence-electron chi connectivity index (χ1n) is 5.64. The van der Waals surface area contributed by atoms with Crippen molar-refractivity contribution in [3.63, 3.8) is 0 Å². The lowest BCUT2D eigenvalue weighted by molar-refractivity contribution is -0.384. The van der Waals surface area contributed by atoms with Gasteiger partial charge in [0.25, 0.3) is 0 Å². The van der Waals surface area contributed by atoms with Crippen LogP contribution < -0.4 is 4.90 Å². The van der Waals surface area contributed by atoms with Crippen molar-refractivity contribution >= 4 is 23.0 Å². The number of halogens is 1. The fourth-order valence-corrected chi connectivity index (χ4v) is 2.06. The SMILES string of the molecule is CCCC(C)N(C)c1cccc(Cl)c1[N+](=O)[O-]. The molecule has 17 heavy (non-hydrogen) atoms. The van der Waals surface area contributed by atoms with Crippen molar-refractivity contribution in [1.29, 1.82) is 0 Å². The van der Waals surface area contributed by atoms with Gasteiger partial charge in [0.05, 0.1) is 4.92 Å². The summed E-state index contributed by atoms with van der Waals surface area (Å²) in [6.07, 6.45) is 2.03. The zero-order valence-corrected chi connectivity index (χ0v) is 11.1. The molecule has 0 N–H and O–H groups in total. The van der Waals surface area contributed by atoms with Crippen LogP contribution in [0.1, 0.15) is 26.7 Å². The van der Waals surface area contributed by atoms with E-state index in [0.29, 0.717) is 5.69 Å². The second-order valence-electron chi connectivity index (χ2n) is 4.11. The molecule has 1 aromatic rings. The molecule has 1 aromatic carbocycles. The van der Waals surface area contributed by atoms with Crippen molar-refractivity contribution < 1.29 is 4.92 Å². The summed E-state index contributed by atoms with van der Waals surface area (Å²) < 4.78 is 0. The van der Waals surface area contributed by atoms with Crippen molar-refractivity contribution in [2.45, 2.75) is 32.7 Å². The molecule has 94 valence electrons. The molecule has 0 fully saturated rings. The molecule has 0 amide bonds. The van der Waals surface area contributed by atoms with E-state index < -0.39 is 4.92 Å². The fourth-order valence-electron chi connectivity index (χ4n) is 1.82. The average Bonchev–Trinajstić information content (AvgIpc) is 2.27. The average molecular weight is 257 g/mol. The number of nitro benzene ring substituents is 1. The molecule has 0 heterocycles. The Balaban J connectivity index is 3.13. The Hall–Kier alpha value is -1.29. The summed E-state index contributed by atoms with van der Waals surface area (Å²) in [5.41, 5.74) is 0.558. The van der Waals surface area contributed by atoms with Crippen molar-refractivity contribution in [2.24, 2.45) is 0 Å². The summed E-state index contributed by atoms with van der Waals surface area (Å²) in [6.45, 7) is 4.14. The van der Waals surface area contributed by atoms with E-state index >= 15 is 0 Å². The Morgan fingerprint density at radius 1 is 1.53 bits per heavy atom. The number of rotatable bonds is 5. The van der Waals surface area contributed by atoms with Crippen LogP contribution in [0.15, 0.2) is 18.2 Å². The summed E-state index contributed by atoms with van der Waals surface area (Å²) in [5.74, 6) is 0. The van der Waals surface area contributed by atoms with E-state index in [2.05, 4.69) is 6.92 Å². The van der Waals surface area contributed by atoms with Crippen molar-refractivity contribution in [3.8, 4) is 0 Å². The summed E-state index contributed by atoms with van der Waals surface area (Å²) in [7, 11) is 1.86. The monoisotopic (exact) mass is 256 g/mol. The van der Waals surface area contributed by atoms with Crippen LogP contribution in [0.5, 0.6) is 0 Å². The molecule has 0 aliphatic rings. The van der Waals surface area contributed by atoms with E-state index in [1.807, 2.05) is 18.9 Å². The van der Waals surface area contributed by atoms with Gasteiger partial charge < -0.3 is 4.90 Å². The van der Waals surface area contributed by atoms with E-state index in [0.717, 1.165) is 12.8 Å². The Morgan fingerprint density at radius 2 is 2.18 bits per heavy atom. The highest BCUT2D eigenvalue weighted by atomic mass is 35.5. The van der Waals surface area contributed by atoms with Gasteiger partial charge in [0.1, 0.15) is 10.7 Å². The molecule has 0 bridgehead atoms. The number of nitro groups is 1. The largest absolute Gasteiger partial charge is 0.366 e. The molecule has 4 nitrogen and oxygen atoms in total. The number of hydrogen-bond donors (Lipinski definition) is 0. The normalized spacial score (nSPS) is 12.2. The molecule has 0 spiro atoms. The minimum Gasteiger partial charge on any atom is -0.366 e. The fraction of sp³-hybridized carbons (Fsp3) is 0.500. The molecule has 1 unspecified atom stereocenters. The third-order valence-corrected chi connectivity index (χ3v) is 3.20. The van der Waals surface area contributed by atoms with Gasteiger partial charge >= 0.3 is 5.69 Å². The van der Waals surface area contributed by atoms with Crippen LogP contribution in [-0.4, -0.2) is 18.0 Å². The van der Waals surface area contributed by atoms with Crippen LogP contribution in [-0.2, 0) is 0 Å². The second-order valence-corrected chi connectivity index (χ2v) is 4.52. The minimum absolute atomic E-state index is 0.0142. The van der Waals surface area contributed by atoms with Gasteiger partial charge in [-0.05, 0) is 25.5 Å². The lowest BCUT2D eigenvalue weighted by Gasteiger charge is -2.26. The van der Waals surface area contributed by atoms with Crippen LogP contribution in [0.25, 0.3) is 0 Å². The van der Waals surface area contributed by atoms with Crippen LogP contribution >= 0.6 is 11.6 Å². The highest BCUT2D eigenvalue weighted by molar-refractivity contribution is 6.33. The third kappa shape index (κ3) is 3.09. The molecular formula is C12H17ClN2O2. The maximum atomic E-state index is 11.0. The minimum atomic E-state index is -0.424. The molecule has 0 saturated heterocycles. The van der Waals surface area contributed by atoms with Crippen LogP contribution in [0, 0.1) is 10.1 Å². The molecule has 1 rings (SSSR count). The van der Waals surface area contributed by atoms with Crippen molar-refractivity contribution in [2.75, 3.05) is 11.9 Å². The Labute approximate surface area is 106 Å². The summed E-state index contributed by atoms with van der Waals surface area (Å²) >= 11 is 5.88. The van der Waals surface area contributed by atoms with Gasteiger partial charge in [-0.15, -0.1) is 0 Å². The van der Waals surface area contributed by atoms with E-state index in [4.69, 9.17) is 11.6 Å². The number of anilines is 1. The quantitative estimate of drug-likeness (QED) is 0.593. The second kappa shape index (κ2) is 5.87. The van der Waals surface area contributed by atoms with E-state index in [1.165, 1.54) is 0 Å². The zero-order chi connectivity index (χ0) is 13.0. The van der Waals surface area contributed by atoms with Crippen LogP contribution in [0.4, 0.5) is 11.4 Å². The predicted molar refractivity (Wildman–Crippen MR) is 70.9 cm³/mol. The first-order chi connectivity index (χ1) is 7.99. The Morgan fingerprint density at radius 3 is 2.71 bits per heavy atom. The van der Waals surface area contributed by atoms with Gasteiger partial charge in [0.15, 0.2) is 0 Å². The van der Waals surface area contributed by atoms with E-state index in [9.17, 15) is 10.1 Å². The van der Waals surface area contributed by atoms with Crippen molar-refractivity contribution in [3.05, 3.63) is 33.3 Å². The maximum Gasteiger partial charge on any atom is 0.310 e. The summed E-state index contributed by atoms with van der Waals surface area (Å²) in [5, 5.41) is 11.2. The molecular weight excluding hydrogens is 240 g/mol. The first-order valence-corrected chi connectivity index (χ1v) is 6.02. The lowest BCUT2D eigenvalue weighted by atomic mass is 10.1. The highest BCUT2D eigenvalue weighted by Gasteiger charge is 2.23. The zero-order valence-electron chi connectivity index (χ0n) is 10.3. The molecule has 0 aromatic heterocycles. The van der Waals surface area contributed by atoms with E-state index in [1.54, 1.807) is 18.2 Å². The standard InChI is InChI=1S/C12H17ClN2O2/c1-4-6-9(2)14(3)11-8-5-7-10(13)12(11)15(16)17/h5,7-9H,4,6H2,1-3H3. The number of para-hydroxylation sites is 1. The predicted octanol–water partition coefficient (Wildman–Crippen LogP) is 3.87. The van der Waals surface area contributed by atoms with Crippen LogP contribution in [0.3, 0.4) is 0 Å². The third-order valence-electron chi connectivity index (χ3n) is 2.90. The molecule has 0 saturated carbocycles. The maximum absolute atomic E-state index is 11.0. The molecule has 1 atom stereocenters. The molecule has 0 radical (unpaired) electrons. The molecule has 5 heteroatoms. The van der Waals surface area contributed by atoms with Gasteiger partial charge in [-0.1, -0.05) is 31.0 Å². The first kappa shape index (κ1) is 13.8. The van der Waals surface area contributed by atoms with Gasteiger partial charge in [-0.25, -0.2) is 0 Å². The van der Waals surface area contributed by atoms with E-state index in [-0.39, 0.29) is 16.8 Å². The summed E-state index contributed by atoms with van der Waals surface area (Å²) in [6, 6.07) is 5.26. The van der Waals surface area contributed by atoms with Gasteiger partial charge in [-0.3, -0.25) is 10.1 Å². The smallest absolute Gasteiger partial charge is 0.310 e. The highest BCUT2D eigenvalue weighted by Crippen LogP contribution is 2.35. The molecule has 0 aliphatic carbocycles. The van der Waals surface area contributed by atoms with Crippen molar-refractivity contribution in [1.82, 2.24) is 0 Å². The Kier molecular flexibility index (Phi) is 4.75. The number of nitrogens with zero attached hydrogens (tertiary/aromatic N) is 2. The number of hydrogen-bond acceptors (Lipinski definition) is 3. The molecule has 0 aliphatic heterocycles. The summed E-state index contributed by atoms with van der Waals surface area (Å²) in [4.78, 5) is 12.5.